The van der Waals surface area contributed by atoms with Crippen LogP contribution in [0.5, 0.6) is 0 Å². The summed E-state index contributed by atoms with van der Waals surface area (Å²) in [6.45, 7) is 12.5. The molecule has 0 aromatic heterocycles. The van der Waals surface area contributed by atoms with Crippen LogP contribution in [-0.2, 0) is 4.74 Å². The Bertz CT molecular complexity index is 150. The largest absolute Gasteiger partial charge is 0.367 e. The quantitative estimate of drug-likeness (QED) is 0.566. The van der Waals surface area contributed by atoms with Gasteiger partial charge in [0.05, 0.1) is 12.2 Å². The van der Waals surface area contributed by atoms with Gasteiger partial charge >= 0.3 is 0 Å². The van der Waals surface area contributed by atoms with E-state index in [0.29, 0.717) is 6.61 Å². The summed E-state index contributed by atoms with van der Waals surface area (Å²) in [6.07, 6.45) is 3.87. The fraction of sp³-hybridized carbons (Fsp3) is 0.600. The normalized spacial score (nSPS) is 10.9. The van der Waals surface area contributed by atoms with Gasteiger partial charge in [0, 0.05) is 0 Å². The SMILES string of the molecule is C=CC(C)(C)OCC=C(C)C. The minimum absolute atomic E-state index is 0.202. The van der Waals surface area contributed by atoms with Crippen molar-refractivity contribution in [3.63, 3.8) is 0 Å². The highest BCUT2D eigenvalue weighted by molar-refractivity contribution is 4.95. The van der Waals surface area contributed by atoms with Crippen LogP contribution in [0.1, 0.15) is 27.7 Å². The van der Waals surface area contributed by atoms with Crippen LogP contribution in [0.25, 0.3) is 0 Å². The summed E-state index contributed by atoms with van der Waals surface area (Å²) in [5, 5.41) is 0. The summed E-state index contributed by atoms with van der Waals surface area (Å²) in [6, 6.07) is 0. The molecule has 0 aromatic rings. The lowest BCUT2D eigenvalue weighted by Gasteiger charge is -2.19. The van der Waals surface area contributed by atoms with Crippen LogP contribution in [-0.4, -0.2) is 12.2 Å². The van der Waals surface area contributed by atoms with Gasteiger partial charge in [0.1, 0.15) is 0 Å². The van der Waals surface area contributed by atoms with Gasteiger partial charge in [-0.15, -0.1) is 6.58 Å². The monoisotopic (exact) mass is 154 g/mol. The van der Waals surface area contributed by atoms with Gasteiger partial charge in [-0.2, -0.15) is 0 Å². The molecule has 0 aliphatic rings. The van der Waals surface area contributed by atoms with Gasteiger partial charge in [-0.3, -0.25) is 0 Å². The Kier molecular flexibility index (Phi) is 4.12. The first-order chi connectivity index (χ1) is 4.98. The molecule has 1 nitrogen and oxygen atoms in total. The van der Waals surface area contributed by atoms with Gasteiger partial charge in [0.25, 0.3) is 0 Å². The maximum absolute atomic E-state index is 5.50. The van der Waals surface area contributed by atoms with Crippen molar-refractivity contribution in [3.8, 4) is 0 Å². The number of allylic oxidation sites excluding steroid dienone is 1. The summed E-state index contributed by atoms with van der Waals surface area (Å²) in [5.41, 5.74) is 1.08. The van der Waals surface area contributed by atoms with Crippen molar-refractivity contribution >= 4 is 0 Å². The van der Waals surface area contributed by atoms with Gasteiger partial charge in [0.2, 0.25) is 0 Å². The number of ether oxygens (including phenoxy) is 1. The van der Waals surface area contributed by atoms with Crippen molar-refractivity contribution in [2.24, 2.45) is 0 Å². The molecule has 0 aromatic carbocycles. The van der Waals surface area contributed by atoms with E-state index >= 15 is 0 Å². The van der Waals surface area contributed by atoms with Crippen molar-refractivity contribution in [2.75, 3.05) is 6.61 Å². The first-order valence-corrected chi connectivity index (χ1v) is 3.89. The third-order valence-corrected chi connectivity index (χ3v) is 1.44. The van der Waals surface area contributed by atoms with Crippen LogP contribution in [0, 0.1) is 0 Å². The van der Waals surface area contributed by atoms with E-state index in [9.17, 15) is 0 Å². The van der Waals surface area contributed by atoms with Crippen molar-refractivity contribution < 1.29 is 4.74 Å². The molecule has 0 N–H and O–H groups in total. The molecule has 11 heavy (non-hydrogen) atoms. The molecule has 0 amide bonds. The van der Waals surface area contributed by atoms with E-state index in [1.54, 1.807) is 0 Å². The molecular formula is C10H18O. The van der Waals surface area contributed by atoms with E-state index in [-0.39, 0.29) is 5.60 Å². The van der Waals surface area contributed by atoms with Crippen molar-refractivity contribution in [2.45, 2.75) is 33.3 Å². The van der Waals surface area contributed by atoms with E-state index in [2.05, 4.69) is 26.5 Å². The molecule has 0 radical (unpaired) electrons. The van der Waals surface area contributed by atoms with Crippen molar-refractivity contribution in [1.29, 1.82) is 0 Å². The van der Waals surface area contributed by atoms with Gasteiger partial charge < -0.3 is 4.74 Å². The molecule has 0 saturated heterocycles. The van der Waals surface area contributed by atoms with E-state index < -0.39 is 0 Å². The summed E-state index contributed by atoms with van der Waals surface area (Å²) in [5.74, 6) is 0. The summed E-state index contributed by atoms with van der Waals surface area (Å²) >= 11 is 0. The molecule has 0 saturated carbocycles. The Morgan fingerprint density at radius 2 is 2.00 bits per heavy atom. The highest BCUT2D eigenvalue weighted by Crippen LogP contribution is 2.09. The Balaban J connectivity index is 3.71. The Morgan fingerprint density at radius 3 is 2.36 bits per heavy atom. The molecule has 0 heterocycles. The second-order valence-electron chi connectivity index (χ2n) is 3.40. The molecule has 0 unspecified atom stereocenters. The summed E-state index contributed by atoms with van der Waals surface area (Å²) in [7, 11) is 0. The van der Waals surface area contributed by atoms with Gasteiger partial charge in [-0.05, 0) is 27.7 Å². The lowest BCUT2D eigenvalue weighted by atomic mass is 10.1. The minimum Gasteiger partial charge on any atom is -0.367 e. The van der Waals surface area contributed by atoms with Crippen LogP contribution < -0.4 is 0 Å². The van der Waals surface area contributed by atoms with Crippen LogP contribution in [0.3, 0.4) is 0 Å². The standard InChI is InChI=1S/C10H18O/c1-6-10(4,5)11-8-7-9(2)3/h6-7H,1,8H2,2-5H3. The zero-order valence-electron chi connectivity index (χ0n) is 7.98. The zero-order valence-corrected chi connectivity index (χ0v) is 7.98. The fourth-order valence-corrected chi connectivity index (χ4v) is 0.482. The molecule has 0 atom stereocenters. The Hall–Kier alpha value is -0.560. The second-order valence-corrected chi connectivity index (χ2v) is 3.40. The van der Waals surface area contributed by atoms with Crippen LogP contribution in [0.4, 0.5) is 0 Å². The molecule has 0 spiro atoms. The molecule has 64 valence electrons. The number of rotatable bonds is 4. The molecule has 0 rings (SSSR count). The van der Waals surface area contributed by atoms with Crippen LogP contribution in [0.2, 0.25) is 0 Å². The highest BCUT2D eigenvalue weighted by atomic mass is 16.5. The summed E-state index contributed by atoms with van der Waals surface area (Å²) < 4.78 is 5.50. The smallest absolute Gasteiger partial charge is 0.0808 e. The topological polar surface area (TPSA) is 9.23 Å². The molecular weight excluding hydrogens is 136 g/mol. The predicted molar refractivity (Wildman–Crippen MR) is 49.7 cm³/mol. The number of hydrogen-bond donors (Lipinski definition) is 0. The second kappa shape index (κ2) is 4.35. The van der Waals surface area contributed by atoms with E-state index in [4.69, 9.17) is 4.74 Å². The van der Waals surface area contributed by atoms with Gasteiger partial charge in [-0.25, -0.2) is 0 Å². The Morgan fingerprint density at radius 1 is 1.45 bits per heavy atom. The van der Waals surface area contributed by atoms with Crippen LogP contribution >= 0.6 is 0 Å². The maximum atomic E-state index is 5.50. The molecule has 0 bridgehead atoms. The van der Waals surface area contributed by atoms with Gasteiger partial charge in [0.15, 0.2) is 0 Å². The Labute approximate surface area is 69.8 Å². The van der Waals surface area contributed by atoms with Gasteiger partial charge in [-0.1, -0.05) is 17.7 Å². The average Bonchev–Trinajstić information content (AvgIpc) is 1.87. The van der Waals surface area contributed by atoms with E-state index in [0.717, 1.165) is 0 Å². The molecule has 0 fully saturated rings. The lowest BCUT2D eigenvalue weighted by molar-refractivity contribution is 0.0390. The van der Waals surface area contributed by atoms with E-state index in [1.165, 1.54) is 5.57 Å². The van der Waals surface area contributed by atoms with E-state index in [1.807, 2.05) is 19.9 Å². The third kappa shape index (κ3) is 5.86. The number of hydrogen-bond acceptors (Lipinski definition) is 1. The predicted octanol–water partition coefficient (Wildman–Crippen LogP) is 2.93. The zero-order chi connectivity index (χ0) is 8.91. The highest BCUT2D eigenvalue weighted by Gasteiger charge is 2.10. The van der Waals surface area contributed by atoms with Crippen LogP contribution in [0.15, 0.2) is 24.3 Å². The summed E-state index contributed by atoms with van der Waals surface area (Å²) in [4.78, 5) is 0. The maximum Gasteiger partial charge on any atom is 0.0808 e. The molecule has 1 heteroatoms. The first-order valence-electron chi connectivity index (χ1n) is 3.89. The minimum atomic E-state index is -0.202. The van der Waals surface area contributed by atoms with Crippen molar-refractivity contribution in [1.82, 2.24) is 0 Å². The molecule has 0 aliphatic carbocycles. The first kappa shape index (κ1) is 10.4. The lowest BCUT2D eigenvalue weighted by Crippen LogP contribution is -2.20. The third-order valence-electron chi connectivity index (χ3n) is 1.44. The van der Waals surface area contributed by atoms with Crippen molar-refractivity contribution in [3.05, 3.63) is 24.3 Å². The molecule has 0 aliphatic heterocycles. The average molecular weight is 154 g/mol. The fourth-order valence-electron chi connectivity index (χ4n) is 0.482.